The molecule has 1 aromatic carbocycles. The lowest BCUT2D eigenvalue weighted by atomic mass is 10.00. The van der Waals surface area contributed by atoms with E-state index in [1.807, 2.05) is 24.5 Å². The van der Waals surface area contributed by atoms with E-state index < -0.39 is 0 Å². The SMILES string of the molecule is O=C(Nc1cc(-c2ccc3ncn(CC4CCOCC4)c3c2)c(Cl)cn1)C1CC2CNCC2C1. The van der Waals surface area contributed by atoms with Crippen LogP contribution in [0.5, 0.6) is 0 Å². The largest absolute Gasteiger partial charge is 0.381 e. The van der Waals surface area contributed by atoms with Crippen molar-refractivity contribution in [2.24, 2.45) is 23.7 Å². The van der Waals surface area contributed by atoms with Crippen molar-refractivity contribution >= 4 is 34.4 Å². The van der Waals surface area contributed by atoms with Gasteiger partial charge in [-0.2, -0.15) is 0 Å². The number of benzene rings is 1. The summed E-state index contributed by atoms with van der Waals surface area (Å²) in [5.74, 6) is 2.54. The minimum Gasteiger partial charge on any atom is -0.381 e. The third-order valence-corrected chi connectivity index (χ3v) is 8.16. The Balaban J connectivity index is 1.22. The lowest BCUT2D eigenvalue weighted by molar-refractivity contribution is -0.119. The predicted octanol–water partition coefficient (Wildman–Crippen LogP) is 4.36. The third-order valence-electron chi connectivity index (χ3n) is 7.86. The number of aromatic nitrogens is 3. The number of pyridine rings is 1. The molecule has 0 spiro atoms. The van der Waals surface area contributed by atoms with Gasteiger partial charge in [0.15, 0.2) is 0 Å². The Kier molecular flexibility index (Phi) is 6.01. The number of rotatable bonds is 5. The van der Waals surface area contributed by atoms with Crippen molar-refractivity contribution in [1.82, 2.24) is 19.9 Å². The molecule has 6 rings (SSSR count). The van der Waals surface area contributed by atoms with Gasteiger partial charge in [-0.05, 0) is 80.3 Å². The molecule has 3 aliphatic rings. The van der Waals surface area contributed by atoms with Crippen molar-refractivity contribution in [3.63, 3.8) is 0 Å². The molecule has 8 heteroatoms. The number of nitrogens with one attached hydrogen (secondary N) is 2. The molecule has 34 heavy (non-hydrogen) atoms. The molecule has 2 atom stereocenters. The van der Waals surface area contributed by atoms with Crippen LogP contribution in [0.4, 0.5) is 5.82 Å². The van der Waals surface area contributed by atoms with Crippen LogP contribution in [0.25, 0.3) is 22.2 Å². The standard InChI is InChI=1S/C26H30ClN5O2/c27-22-13-29-25(31-26(33)18-7-19-11-28-12-20(19)8-18)10-21(22)17-1-2-23-24(9-17)32(15-30-23)14-16-3-5-34-6-4-16/h1-2,9-10,13,15-16,18-20,28H,3-8,11-12,14H2,(H,29,31,33). The number of halogens is 1. The van der Waals surface area contributed by atoms with Gasteiger partial charge < -0.3 is 19.9 Å². The quantitative estimate of drug-likeness (QED) is 0.568. The molecule has 2 aromatic heterocycles. The highest BCUT2D eigenvalue weighted by Crippen LogP contribution is 2.39. The molecular weight excluding hydrogens is 450 g/mol. The Hall–Kier alpha value is -2.48. The van der Waals surface area contributed by atoms with Crippen LogP contribution in [0, 0.1) is 23.7 Å². The van der Waals surface area contributed by atoms with Crippen LogP contribution in [0.2, 0.25) is 5.02 Å². The zero-order valence-corrected chi connectivity index (χ0v) is 19.9. The summed E-state index contributed by atoms with van der Waals surface area (Å²) in [6, 6.07) is 8.09. The lowest BCUT2D eigenvalue weighted by Crippen LogP contribution is -2.23. The number of fused-ring (bicyclic) bond motifs is 2. The van der Waals surface area contributed by atoms with E-state index in [9.17, 15) is 4.79 Å². The predicted molar refractivity (Wildman–Crippen MR) is 133 cm³/mol. The number of hydrogen-bond donors (Lipinski definition) is 2. The molecule has 0 radical (unpaired) electrons. The van der Waals surface area contributed by atoms with Gasteiger partial charge in [0.2, 0.25) is 5.91 Å². The van der Waals surface area contributed by atoms with E-state index in [1.54, 1.807) is 6.20 Å². The molecule has 0 bridgehead atoms. The number of amides is 1. The summed E-state index contributed by atoms with van der Waals surface area (Å²) in [5.41, 5.74) is 3.91. The van der Waals surface area contributed by atoms with Crippen LogP contribution in [0.15, 0.2) is 36.8 Å². The molecule has 2 aliphatic heterocycles. The van der Waals surface area contributed by atoms with Gasteiger partial charge in [0, 0.05) is 37.4 Å². The van der Waals surface area contributed by atoms with Crippen molar-refractivity contribution in [2.45, 2.75) is 32.2 Å². The molecule has 7 nitrogen and oxygen atoms in total. The van der Waals surface area contributed by atoms with Gasteiger partial charge in [-0.3, -0.25) is 4.79 Å². The number of nitrogens with zero attached hydrogens (tertiary/aromatic N) is 3. The molecule has 2 unspecified atom stereocenters. The van der Waals surface area contributed by atoms with Crippen LogP contribution in [-0.2, 0) is 16.1 Å². The first-order valence-electron chi connectivity index (χ1n) is 12.3. The Morgan fingerprint density at radius 2 is 1.94 bits per heavy atom. The second kappa shape index (κ2) is 9.29. The number of carbonyl (C=O) groups is 1. The summed E-state index contributed by atoms with van der Waals surface area (Å²) in [6.45, 7) is 4.68. The second-order valence-corrected chi connectivity index (χ2v) is 10.4. The van der Waals surface area contributed by atoms with E-state index in [2.05, 4.69) is 31.2 Å². The summed E-state index contributed by atoms with van der Waals surface area (Å²) in [6.07, 6.45) is 7.63. The number of imidazole rings is 1. The fraction of sp³-hybridized carbons (Fsp3) is 0.500. The fourth-order valence-electron chi connectivity index (χ4n) is 5.91. The summed E-state index contributed by atoms with van der Waals surface area (Å²) < 4.78 is 7.74. The number of hydrogen-bond acceptors (Lipinski definition) is 5. The zero-order chi connectivity index (χ0) is 23.1. The summed E-state index contributed by atoms with van der Waals surface area (Å²) in [5, 5.41) is 7.05. The van der Waals surface area contributed by atoms with Crippen LogP contribution in [-0.4, -0.2) is 46.7 Å². The molecule has 1 amide bonds. The van der Waals surface area contributed by atoms with E-state index >= 15 is 0 Å². The Bertz CT molecular complexity index is 1190. The third kappa shape index (κ3) is 4.32. The van der Waals surface area contributed by atoms with Crippen molar-refractivity contribution < 1.29 is 9.53 Å². The normalized spacial score (nSPS) is 25.0. The van der Waals surface area contributed by atoms with Crippen LogP contribution in [0.3, 0.4) is 0 Å². The van der Waals surface area contributed by atoms with Gasteiger partial charge in [-0.15, -0.1) is 0 Å². The average Bonchev–Trinajstić information content (AvgIpc) is 3.56. The zero-order valence-electron chi connectivity index (χ0n) is 19.2. The monoisotopic (exact) mass is 479 g/mol. The van der Waals surface area contributed by atoms with E-state index in [0.717, 1.165) is 80.7 Å². The fourth-order valence-corrected chi connectivity index (χ4v) is 6.13. The number of ether oxygens (including phenoxy) is 1. The van der Waals surface area contributed by atoms with Crippen molar-refractivity contribution in [3.8, 4) is 11.1 Å². The van der Waals surface area contributed by atoms with Crippen molar-refractivity contribution in [2.75, 3.05) is 31.6 Å². The average molecular weight is 480 g/mol. The van der Waals surface area contributed by atoms with Gasteiger partial charge in [0.1, 0.15) is 5.82 Å². The molecule has 3 aromatic rings. The maximum atomic E-state index is 12.9. The molecule has 2 N–H and O–H groups in total. The summed E-state index contributed by atoms with van der Waals surface area (Å²) in [4.78, 5) is 21.9. The Morgan fingerprint density at radius 1 is 1.15 bits per heavy atom. The lowest BCUT2D eigenvalue weighted by Gasteiger charge is -2.22. The van der Waals surface area contributed by atoms with Gasteiger partial charge >= 0.3 is 0 Å². The second-order valence-electron chi connectivity index (χ2n) is 10.0. The molecule has 2 saturated heterocycles. The highest BCUT2D eigenvalue weighted by Gasteiger charge is 2.40. The minimum absolute atomic E-state index is 0.0638. The van der Waals surface area contributed by atoms with E-state index in [-0.39, 0.29) is 11.8 Å². The smallest absolute Gasteiger partial charge is 0.228 e. The topological polar surface area (TPSA) is 81.1 Å². The Labute approximate surface area is 204 Å². The molecular formula is C26H30ClN5O2. The molecule has 3 fully saturated rings. The first-order chi connectivity index (χ1) is 16.6. The minimum atomic E-state index is 0.0638. The van der Waals surface area contributed by atoms with Gasteiger partial charge in [-0.25, -0.2) is 9.97 Å². The van der Waals surface area contributed by atoms with E-state index in [4.69, 9.17) is 16.3 Å². The number of carbonyl (C=O) groups excluding carboxylic acids is 1. The van der Waals surface area contributed by atoms with E-state index in [0.29, 0.717) is 28.6 Å². The van der Waals surface area contributed by atoms with E-state index in [1.165, 1.54) is 0 Å². The van der Waals surface area contributed by atoms with Crippen LogP contribution >= 0.6 is 11.6 Å². The maximum Gasteiger partial charge on any atom is 0.228 e. The highest BCUT2D eigenvalue weighted by atomic mass is 35.5. The molecule has 178 valence electrons. The van der Waals surface area contributed by atoms with Crippen molar-refractivity contribution in [3.05, 3.63) is 41.8 Å². The van der Waals surface area contributed by atoms with Gasteiger partial charge in [0.05, 0.1) is 22.4 Å². The first kappa shape index (κ1) is 22.0. The van der Waals surface area contributed by atoms with Crippen LogP contribution < -0.4 is 10.6 Å². The molecule has 4 heterocycles. The van der Waals surface area contributed by atoms with Gasteiger partial charge in [-0.1, -0.05) is 17.7 Å². The van der Waals surface area contributed by atoms with Crippen molar-refractivity contribution in [1.29, 1.82) is 0 Å². The first-order valence-corrected chi connectivity index (χ1v) is 12.7. The summed E-state index contributed by atoms with van der Waals surface area (Å²) in [7, 11) is 0. The van der Waals surface area contributed by atoms with Gasteiger partial charge in [0.25, 0.3) is 0 Å². The molecule has 1 aliphatic carbocycles. The molecule has 1 saturated carbocycles. The highest BCUT2D eigenvalue weighted by molar-refractivity contribution is 6.33. The summed E-state index contributed by atoms with van der Waals surface area (Å²) >= 11 is 6.56. The maximum absolute atomic E-state index is 12.9. The number of anilines is 1. The Morgan fingerprint density at radius 3 is 2.74 bits per heavy atom. The van der Waals surface area contributed by atoms with Crippen LogP contribution in [0.1, 0.15) is 25.7 Å².